The molecule has 0 aliphatic carbocycles. The van der Waals surface area contributed by atoms with Crippen LogP contribution in [0.1, 0.15) is 32.3 Å². The Hall–Kier alpha value is -0.900. The van der Waals surface area contributed by atoms with E-state index >= 15 is 0 Å². The van der Waals surface area contributed by atoms with Crippen LogP contribution in [0.3, 0.4) is 0 Å². The molecule has 1 saturated heterocycles. The van der Waals surface area contributed by atoms with Crippen LogP contribution < -0.4 is 5.73 Å². The second kappa shape index (κ2) is 5.61. The molecule has 1 aliphatic heterocycles. The first-order valence-corrected chi connectivity index (χ1v) is 7.04. The minimum absolute atomic E-state index is 0.0769. The third-order valence-electron chi connectivity index (χ3n) is 4.42. The zero-order chi connectivity index (χ0) is 13.9. The van der Waals surface area contributed by atoms with E-state index in [0.29, 0.717) is 6.54 Å². The summed E-state index contributed by atoms with van der Waals surface area (Å²) in [5, 5.41) is 9.75. The molecule has 1 aliphatic rings. The molecule has 1 heterocycles. The number of aliphatic hydroxyl groups is 1. The van der Waals surface area contributed by atoms with Crippen molar-refractivity contribution in [2.75, 3.05) is 19.8 Å². The summed E-state index contributed by atoms with van der Waals surface area (Å²) in [6.07, 6.45) is 1.81. The van der Waals surface area contributed by atoms with Crippen LogP contribution in [-0.4, -0.2) is 30.5 Å². The molecule has 0 unspecified atom stereocenters. The summed E-state index contributed by atoms with van der Waals surface area (Å²) in [4.78, 5) is 0. The maximum Gasteiger partial charge on any atom is 0.0635 e. The summed E-state index contributed by atoms with van der Waals surface area (Å²) in [7, 11) is 0. The summed E-state index contributed by atoms with van der Waals surface area (Å²) in [5.74, 6) is 0.0816. The molecule has 1 fully saturated rings. The lowest BCUT2D eigenvalue weighted by molar-refractivity contribution is -0.0983. The van der Waals surface area contributed by atoms with Gasteiger partial charge in [0.15, 0.2) is 0 Å². The van der Waals surface area contributed by atoms with Gasteiger partial charge in [-0.1, -0.05) is 30.3 Å². The minimum Gasteiger partial charge on any atom is -0.396 e. The molecule has 0 bridgehead atoms. The van der Waals surface area contributed by atoms with Crippen LogP contribution in [0.15, 0.2) is 30.3 Å². The Labute approximate surface area is 115 Å². The first-order chi connectivity index (χ1) is 9.04. The largest absolute Gasteiger partial charge is 0.396 e. The van der Waals surface area contributed by atoms with Crippen LogP contribution in [-0.2, 0) is 10.2 Å². The predicted molar refractivity (Wildman–Crippen MR) is 77.0 cm³/mol. The molecule has 3 N–H and O–H groups in total. The van der Waals surface area contributed by atoms with Crippen molar-refractivity contribution >= 4 is 0 Å². The monoisotopic (exact) mass is 263 g/mol. The van der Waals surface area contributed by atoms with Gasteiger partial charge in [0, 0.05) is 24.5 Å². The molecule has 3 nitrogen and oxygen atoms in total. The summed E-state index contributed by atoms with van der Waals surface area (Å²) in [5.41, 5.74) is 6.95. The lowest BCUT2D eigenvalue weighted by Gasteiger charge is -2.49. The van der Waals surface area contributed by atoms with Gasteiger partial charge in [-0.2, -0.15) is 0 Å². The molecular weight excluding hydrogens is 238 g/mol. The number of hydrogen-bond donors (Lipinski definition) is 2. The van der Waals surface area contributed by atoms with Gasteiger partial charge in [-0.15, -0.1) is 0 Å². The molecule has 0 spiro atoms. The van der Waals surface area contributed by atoms with Crippen LogP contribution in [0.25, 0.3) is 0 Å². The molecule has 2 atom stereocenters. The normalized spacial score (nSPS) is 28.0. The van der Waals surface area contributed by atoms with E-state index in [-0.39, 0.29) is 23.5 Å². The molecule has 1 aromatic rings. The Morgan fingerprint density at radius 2 is 2.00 bits per heavy atom. The maximum atomic E-state index is 9.75. The Bertz CT molecular complexity index is 400. The standard InChI is InChI=1S/C16H25NO2/c1-15(2)12-16(8-9-19-15,14(10-17)11-18)13-6-4-3-5-7-13/h3-7,14,18H,8-12,17H2,1-2H3/t14-,16+/m1/s1. The van der Waals surface area contributed by atoms with E-state index in [1.165, 1.54) is 5.56 Å². The number of hydrogen-bond acceptors (Lipinski definition) is 3. The van der Waals surface area contributed by atoms with Gasteiger partial charge in [0.1, 0.15) is 0 Å². The van der Waals surface area contributed by atoms with E-state index in [9.17, 15) is 5.11 Å². The van der Waals surface area contributed by atoms with Gasteiger partial charge in [-0.3, -0.25) is 0 Å². The minimum atomic E-state index is -0.170. The molecule has 19 heavy (non-hydrogen) atoms. The smallest absolute Gasteiger partial charge is 0.0635 e. The van der Waals surface area contributed by atoms with Crippen LogP contribution in [0.4, 0.5) is 0 Å². The zero-order valence-corrected chi connectivity index (χ0v) is 11.9. The quantitative estimate of drug-likeness (QED) is 0.874. The summed E-state index contributed by atoms with van der Waals surface area (Å²) in [6, 6.07) is 10.5. The average molecular weight is 263 g/mol. The number of aliphatic hydroxyl groups excluding tert-OH is 1. The van der Waals surface area contributed by atoms with Gasteiger partial charge in [-0.05, 0) is 38.8 Å². The molecule has 1 aromatic carbocycles. The Morgan fingerprint density at radius 3 is 2.53 bits per heavy atom. The fourth-order valence-electron chi connectivity index (χ4n) is 3.48. The fraction of sp³-hybridized carbons (Fsp3) is 0.625. The number of nitrogens with two attached hydrogens (primary N) is 1. The Morgan fingerprint density at radius 1 is 1.32 bits per heavy atom. The highest BCUT2D eigenvalue weighted by Crippen LogP contribution is 2.46. The van der Waals surface area contributed by atoms with Gasteiger partial charge in [0.25, 0.3) is 0 Å². The van der Waals surface area contributed by atoms with Gasteiger partial charge in [0.2, 0.25) is 0 Å². The number of rotatable bonds is 4. The van der Waals surface area contributed by atoms with E-state index in [1.54, 1.807) is 0 Å². The van der Waals surface area contributed by atoms with Crippen molar-refractivity contribution in [3.8, 4) is 0 Å². The molecule has 0 amide bonds. The second-order valence-corrected chi connectivity index (χ2v) is 6.17. The first kappa shape index (κ1) is 14.5. The fourth-order valence-corrected chi connectivity index (χ4v) is 3.48. The number of benzene rings is 1. The van der Waals surface area contributed by atoms with Gasteiger partial charge in [-0.25, -0.2) is 0 Å². The topological polar surface area (TPSA) is 55.5 Å². The lowest BCUT2D eigenvalue weighted by atomic mass is 9.62. The third-order valence-corrected chi connectivity index (χ3v) is 4.42. The lowest BCUT2D eigenvalue weighted by Crippen LogP contribution is -2.51. The van der Waals surface area contributed by atoms with Gasteiger partial charge in [0.05, 0.1) is 5.60 Å². The highest BCUT2D eigenvalue weighted by Gasteiger charge is 2.46. The average Bonchev–Trinajstić information content (AvgIpc) is 2.40. The van der Waals surface area contributed by atoms with Crippen LogP contribution in [0.2, 0.25) is 0 Å². The Kier molecular flexibility index (Phi) is 4.29. The van der Waals surface area contributed by atoms with Crippen molar-refractivity contribution in [1.29, 1.82) is 0 Å². The maximum absolute atomic E-state index is 9.75. The van der Waals surface area contributed by atoms with Crippen molar-refractivity contribution in [2.24, 2.45) is 11.7 Å². The number of ether oxygens (including phenoxy) is 1. The zero-order valence-electron chi connectivity index (χ0n) is 11.9. The molecule has 0 saturated carbocycles. The molecule has 2 rings (SSSR count). The summed E-state index contributed by atoms with van der Waals surface area (Å²) in [6.45, 7) is 5.59. The molecule has 106 valence electrons. The van der Waals surface area contributed by atoms with E-state index in [2.05, 4.69) is 38.1 Å². The van der Waals surface area contributed by atoms with Crippen molar-refractivity contribution in [3.05, 3.63) is 35.9 Å². The highest BCUT2D eigenvalue weighted by atomic mass is 16.5. The van der Waals surface area contributed by atoms with E-state index in [0.717, 1.165) is 19.4 Å². The highest BCUT2D eigenvalue weighted by molar-refractivity contribution is 5.28. The molecule has 0 radical (unpaired) electrons. The molecule has 0 aromatic heterocycles. The van der Waals surface area contributed by atoms with Crippen LogP contribution >= 0.6 is 0 Å². The van der Waals surface area contributed by atoms with E-state index in [1.807, 2.05) is 6.07 Å². The van der Waals surface area contributed by atoms with Gasteiger partial charge < -0.3 is 15.6 Å². The van der Waals surface area contributed by atoms with Crippen molar-refractivity contribution in [2.45, 2.75) is 37.7 Å². The summed E-state index contributed by atoms with van der Waals surface area (Å²) < 4.78 is 5.86. The predicted octanol–water partition coefficient (Wildman–Crippen LogP) is 2.08. The first-order valence-electron chi connectivity index (χ1n) is 7.04. The summed E-state index contributed by atoms with van der Waals surface area (Å²) >= 11 is 0. The van der Waals surface area contributed by atoms with Crippen molar-refractivity contribution in [1.82, 2.24) is 0 Å². The second-order valence-electron chi connectivity index (χ2n) is 6.17. The molecule has 3 heteroatoms. The van der Waals surface area contributed by atoms with E-state index < -0.39 is 0 Å². The Balaban J connectivity index is 2.44. The van der Waals surface area contributed by atoms with Crippen LogP contribution in [0, 0.1) is 5.92 Å². The van der Waals surface area contributed by atoms with Gasteiger partial charge >= 0.3 is 0 Å². The molecular formula is C16H25NO2. The van der Waals surface area contributed by atoms with E-state index in [4.69, 9.17) is 10.5 Å². The van der Waals surface area contributed by atoms with Crippen molar-refractivity contribution in [3.63, 3.8) is 0 Å². The van der Waals surface area contributed by atoms with Crippen molar-refractivity contribution < 1.29 is 9.84 Å². The van der Waals surface area contributed by atoms with Crippen LogP contribution in [0.5, 0.6) is 0 Å². The SMILES string of the molecule is CC1(C)C[C@@](c2ccccc2)([C@H](CN)CO)CCO1. The third kappa shape index (κ3) is 2.83.